The zero-order valence-electron chi connectivity index (χ0n) is 13.2. The predicted octanol–water partition coefficient (Wildman–Crippen LogP) is 1.85. The van der Waals surface area contributed by atoms with Crippen molar-refractivity contribution in [3.8, 4) is 11.5 Å². The van der Waals surface area contributed by atoms with Crippen LogP contribution in [0.4, 0.5) is 4.39 Å². The van der Waals surface area contributed by atoms with Crippen LogP contribution in [0.2, 0.25) is 0 Å². The third kappa shape index (κ3) is 4.22. The maximum absolute atomic E-state index is 12.9. The van der Waals surface area contributed by atoms with Crippen molar-refractivity contribution in [2.24, 2.45) is 0 Å². The van der Waals surface area contributed by atoms with E-state index in [9.17, 15) is 17.9 Å². The lowest BCUT2D eigenvalue weighted by Gasteiger charge is -2.15. The molecule has 0 heterocycles. The summed E-state index contributed by atoms with van der Waals surface area (Å²) in [5.74, 6) is 0.398. The van der Waals surface area contributed by atoms with Crippen LogP contribution in [0.3, 0.4) is 0 Å². The fourth-order valence-corrected chi connectivity index (χ4v) is 3.10. The topological polar surface area (TPSA) is 84.9 Å². The summed E-state index contributed by atoms with van der Waals surface area (Å²) in [4.78, 5) is -0.0802. The van der Waals surface area contributed by atoms with E-state index < -0.39 is 21.9 Å². The molecule has 0 aromatic heterocycles. The van der Waals surface area contributed by atoms with E-state index in [-0.39, 0.29) is 11.4 Å². The molecule has 0 amide bonds. The van der Waals surface area contributed by atoms with Crippen molar-refractivity contribution in [3.63, 3.8) is 0 Å². The van der Waals surface area contributed by atoms with Gasteiger partial charge in [-0.3, -0.25) is 0 Å². The molecule has 6 nitrogen and oxygen atoms in total. The number of methoxy groups -OCH3 is 2. The van der Waals surface area contributed by atoms with E-state index in [1.54, 1.807) is 18.2 Å². The number of hydrogen-bond donors (Lipinski definition) is 2. The predicted molar refractivity (Wildman–Crippen MR) is 86.1 cm³/mol. The van der Waals surface area contributed by atoms with Crippen molar-refractivity contribution in [3.05, 3.63) is 53.8 Å². The molecule has 0 fully saturated rings. The van der Waals surface area contributed by atoms with Crippen LogP contribution < -0.4 is 14.2 Å². The van der Waals surface area contributed by atoms with E-state index in [1.165, 1.54) is 14.2 Å². The Labute approximate surface area is 139 Å². The lowest BCUT2D eigenvalue weighted by atomic mass is 10.1. The molecule has 0 aliphatic rings. The maximum atomic E-state index is 12.9. The van der Waals surface area contributed by atoms with Crippen LogP contribution in [0.1, 0.15) is 11.7 Å². The number of rotatable bonds is 7. The Bertz CT molecular complexity index is 793. The molecule has 0 radical (unpaired) electrons. The zero-order chi connectivity index (χ0) is 17.7. The molecule has 0 aliphatic carbocycles. The first-order valence-corrected chi connectivity index (χ1v) is 8.51. The van der Waals surface area contributed by atoms with Gasteiger partial charge in [0.15, 0.2) is 11.5 Å². The Morgan fingerprint density at radius 1 is 1.08 bits per heavy atom. The Morgan fingerprint density at radius 2 is 1.71 bits per heavy atom. The van der Waals surface area contributed by atoms with Crippen molar-refractivity contribution in [2.45, 2.75) is 11.0 Å². The largest absolute Gasteiger partial charge is 0.493 e. The van der Waals surface area contributed by atoms with Crippen LogP contribution in [-0.2, 0) is 10.0 Å². The molecule has 2 N–H and O–H groups in total. The van der Waals surface area contributed by atoms with Crippen LogP contribution in [0, 0.1) is 5.82 Å². The van der Waals surface area contributed by atoms with Gasteiger partial charge in [-0.1, -0.05) is 6.07 Å². The molecule has 0 bridgehead atoms. The van der Waals surface area contributed by atoms with E-state index in [4.69, 9.17) is 9.47 Å². The lowest BCUT2D eigenvalue weighted by molar-refractivity contribution is 0.181. The van der Waals surface area contributed by atoms with Gasteiger partial charge in [0, 0.05) is 6.54 Å². The highest BCUT2D eigenvalue weighted by atomic mass is 32.2. The fourth-order valence-electron chi connectivity index (χ4n) is 2.06. The summed E-state index contributed by atoms with van der Waals surface area (Å²) in [6.07, 6.45) is -1.08. The molecular formula is C16H18FNO5S. The minimum Gasteiger partial charge on any atom is -0.493 e. The number of halogens is 1. The van der Waals surface area contributed by atoms with Gasteiger partial charge in [-0.25, -0.2) is 17.5 Å². The van der Waals surface area contributed by atoms with Gasteiger partial charge in [0.1, 0.15) is 5.82 Å². The normalized spacial score (nSPS) is 12.7. The van der Waals surface area contributed by atoms with Crippen LogP contribution in [0.15, 0.2) is 47.4 Å². The maximum Gasteiger partial charge on any atom is 0.240 e. The van der Waals surface area contributed by atoms with E-state index in [0.29, 0.717) is 17.1 Å². The molecule has 0 saturated carbocycles. The van der Waals surface area contributed by atoms with Gasteiger partial charge in [-0.2, -0.15) is 0 Å². The van der Waals surface area contributed by atoms with Crippen molar-refractivity contribution in [1.82, 2.24) is 4.72 Å². The molecule has 2 aromatic carbocycles. The number of hydrogen-bond acceptors (Lipinski definition) is 5. The SMILES string of the molecule is COc1ccc(C(O)CNS(=O)(=O)c2ccc(F)cc2)cc1OC. The van der Waals surface area contributed by atoms with Crippen molar-refractivity contribution < 1.29 is 27.4 Å². The minimum atomic E-state index is -3.84. The minimum absolute atomic E-state index is 0.0802. The highest BCUT2D eigenvalue weighted by Crippen LogP contribution is 2.29. The molecule has 8 heteroatoms. The third-order valence-electron chi connectivity index (χ3n) is 3.38. The van der Waals surface area contributed by atoms with Crippen LogP contribution in [0.5, 0.6) is 11.5 Å². The van der Waals surface area contributed by atoms with E-state index >= 15 is 0 Å². The van der Waals surface area contributed by atoms with Gasteiger partial charge < -0.3 is 14.6 Å². The summed E-state index contributed by atoms with van der Waals surface area (Å²) in [5.41, 5.74) is 0.467. The Balaban J connectivity index is 2.09. The average Bonchev–Trinajstić information content (AvgIpc) is 2.59. The standard InChI is InChI=1S/C16H18FNO5S/c1-22-15-8-3-11(9-16(15)23-2)14(19)10-18-24(20,21)13-6-4-12(17)5-7-13/h3-9,14,18-19H,10H2,1-2H3. The van der Waals surface area contributed by atoms with Gasteiger partial charge >= 0.3 is 0 Å². The molecule has 2 aromatic rings. The average molecular weight is 355 g/mol. The van der Waals surface area contributed by atoms with Gasteiger partial charge in [0.05, 0.1) is 25.2 Å². The third-order valence-corrected chi connectivity index (χ3v) is 4.82. The van der Waals surface area contributed by atoms with Gasteiger partial charge in [-0.05, 0) is 42.0 Å². The van der Waals surface area contributed by atoms with Crippen molar-refractivity contribution in [1.29, 1.82) is 0 Å². The van der Waals surface area contributed by atoms with E-state index in [2.05, 4.69) is 4.72 Å². The summed E-state index contributed by atoms with van der Waals surface area (Å²) in [5, 5.41) is 10.2. The molecule has 24 heavy (non-hydrogen) atoms. The van der Waals surface area contributed by atoms with Crippen molar-refractivity contribution in [2.75, 3.05) is 20.8 Å². The number of ether oxygens (including phenoxy) is 2. The molecule has 1 unspecified atom stereocenters. The van der Waals surface area contributed by atoms with E-state index in [1.807, 2.05) is 0 Å². The quantitative estimate of drug-likeness (QED) is 0.792. The Kier molecular flexibility index (Phi) is 5.76. The van der Waals surface area contributed by atoms with Crippen molar-refractivity contribution >= 4 is 10.0 Å². The monoisotopic (exact) mass is 355 g/mol. The molecule has 0 aliphatic heterocycles. The number of aliphatic hydroxyl groups excluding tert-OH is 1. The first kappa shape index (κ1) is 18.2. The molecule has 0 saturated heterocycles. The summed E-state index contributed by atoms with van der Waals surface area (Å²) in [6.45, 7) is -0.241. The summed E-state index contributed by atoms with van der Waals surface area (Å²) < 4.78 is 49.6. The molecule has 2 rings (SSSR count). The molecule has 130 valence electrons. The van der Waals surface area contributed by atoms with E-state index in [0.717, 1.165) is 24.3 Å². The lowest BCUT2D eigenvalue weighted by Crippen LogP contribution is -2.28. The second kappa shape index (κ2) is 7.61. The van der Waals surface area contributed by atoms with Crippen LogP contribution in [0.25, 0.3) is 0 Å². The highest BCUT2D eigenvalue weighted by Gasteiger charge is 2.18. The summed E-state index contributed by atoms with van der Waals surface area (Å²) in [7, 11) is -0.887. The summed E-state index contributed by atoms with van der Waals surface area (Å²) >= 11 is 0. The van der Waals surface area contributed by atoms with Gasteiger partial charge in [0.2, 0.25) is 10.0 Å². The Morgan fingerprint density at radius 3 is 2.29 bits per heavy atom. The first-order valence-electron chi connectivity index (χ1n) is 7.02. The first-order chi connectivity index (χ1) is 11.4. The number of benzene rings is 2. The fraction of sp³-hybridized carbons (Fsp3) is 0.250. The van der Waals surface area contributed by atoms with Gasteiger partial charge in [-0.15, -0.1) is 0 Å². The molecule has 0 spiro atoms. The summed E-state index contributed by atoms with van der Waals surface area (Å²) in [6, 6.07) is 9.21. The van der Waals surface area contributed by atoms with Crippen LogP contribution in [-0.4, -0.2) is 34.3 Å². The zero-order valence-corrected chi connectivity index (χ0v) is 14.0. The van der Waals surface area contributed by atoms with Gasteiger partial charge in [0.25, 0.3) is 0 Å². The molecule has 1 atom stereocenters. The second-order valence-corrected chi connectivity index (χ2v) is 6.70. The Hall–Kier alpha value is -2.16. The smallest absolute Gasteiger partial charge is 0.240 e. The second-order valence-electron chi connectivity index (χ2n) is 4.94. The number of nitrogens with one attached hydrogen (secondary N) is 1. The number of aliphatic hydroxyl groups is 1. The molecular weight excluding hydrogens is 337 g/mol. The van der Waals surface area contributed by atoms with Crippen LogP contribution >= 0.6 is 0 Å². The number of sulfonamides is 1. The highest BCUT2D eigenvalue weighted by molar-refractivity contribution is 7.89.